The summed E-state index contributed by atoms with van der Waals surface area (Å²) in [5.41, 5.74) is 0. The molecule has 67 heavy (non-hydrogen) atoms. The lowest BCUT2D eigenvalue weighted by Crippen LogP contribution is -2.60. The Hall–Kier alpha value is -1.68. The summed E-state index contributed by atoms with van der Waals surface area (Å²) in [4.78, 5) is 12.9. The number of hydrogen-bond donors (Lipinski definition) is 4. The van der Waals surface area contributed by atoms with E-state index in [9.17, 15) is 33.1 Å². The van der Waals surface area contributed by atoms with Gasteiger partial charge in [-0.1, -0.05) is 198 Å². The summed E-state index contributed by atoms with van der Waals surface area (Å²) in [5, 5.41) is 30.8. The van der Waals surface area contributed by atoms with Gasteiger partial charge in [-0.2, -0.15) is 8.42 Å². The summed E-state index contributed by atoms with van der Waals surface area (Å²) in [6, 6.07) is 0. The van der Waals surface area contributed by atoms with Gasteiger partial charge >= 0.3 is 16.4 Å². The van der Waals surface area contributed by atoms with E-state index in [1.165, 1.54) is 154 Å². The predicted molar refractivity (Wildman–Crippen MR) is 271 cm³/mol. The molecule has 13 heteroatoms. The highest BCUT2D eigenvalue weighted by Gasteiger charge is 2.48. The summed E-state index contributed by atoms with van der Waals surface area (Å²) in [5.74, 6) is -0.401. The van der Waals surface area contributed by atoms with Crippen LogP contribution in [0.2, 0.25) is 0 Å². The smallest absolute Gasteiger partial charge is 0.397 e. The first kappa shape index (κ1) is 63.3. The number of hydrogen-bond acceptors (Lipinski definition) is 11. The lowest BCUT2D eigenvalue weighted by Gasteiger charge is -2.41. The molecule has 12 nitrogen and oxygen atoms in total. The van der Waals surface area contributed by atoms with Crippen molar-refractivity contribution in [2.75, 3.05) is 26.4 Å². The van der Waals surface area contributed by atoms with Crippen LogP contribution in [0.5, 0.6) is 0 Å². The van der Waals surface area contributed by atoms with E-state index in [1.807, 2.05) is 0 Å². The van der Waals surface area contributed by atoms with Crippen molar-refractivity contribution in [1.82, 2.24) is 0 Å². The number of aliphatic hydroxyl groups excluding tert-OH is 3. The summed E-state index contributed by atoms with van der Waals surface area (Å²) in [6.07, 6.45) is 46.0. The van der Waals surface area contributed by atoms with Crippen LogP contribution in [0.1, 0.15) is 239 Å². The van der Waals surface area contributed by atoms with Gasteiger partial charge in [0.1, 0.15) is 30.5 Å². The molecule has 6 atom stereocenters. The first-order valence-corrected chi connectivity index (χ1v) is 28.6. The highest BCUT2D eigenvalue weighted by atomic mass is 32.3. The number of carbonyl (C=O) groups excluding carboxylic acids is 1. The van der Waals surface area contributed by atoms with E-state index in [-0.39, 0.29) is 19.6 Å². The minimum absolute atomic E-state index is 0.0301. The van der Waals surface area contributed by atoms with Crippen LogP contribution in [0.25, 0.3) is 0 Å². The molecule has 6 unspecified atom stereocenters. The molecule has 394 valence electrons. The molecule has 0 saturated carbocycles. The van der Waals surface area contributed by atoms with Gasteiger partial charge < -0.3 is 34.3 Å². The molecule has 1 rings (SSSR count). The van der Waals surface area contributed by atoms with Crippen LogP contribution in [0, 0.1) is 0 Å². The molecule has 0 spiro atoms. The van der Waals surface area contributed by atoms with Gasteiger partial charge in [0.05, 0.1) is 19.8 Å². The second-order valence-corrected chi connectivity index (χ2v) is 19.9. The third-order valence-corrected chi connectivity index (χ3v) is 13.0. The van der Waals surface area contributed by atoms with Crippen LogP contribution in [-0.4, -0.2) is 97.5 Å². The largest absolute Gasteiger partial charge is 0.457 e. The molecular formula is C54H100O12S. The molecule has 0 amide bonds. The van der Waals surface area contributed by atoms with E-state index >= 15 is 0 Å². The first-order chi connectivity index (χ1) is 32.6. The maximum Gasteiger partial charge on any atom is 0.397 e. The molecule has 1 aliphatic heterocycles. The predicted octanol–water partition coefficient (Wildman–Crippen LogP) is 12.9. The summed E-state index contributed by atoms with van der Waals surface area (Å²) >= 11 is 0. The van der Waals surface area contributed by atoms with Crippen molar-refractivity contribution in [2.45, 2.75) is 275 Å². The lowest BCUT2D eigenvalue weighted by atomic mass is 9.99. The fraction of sp³-hybridized carbons (Fsp3) is 0.870. The molecular weight excluding hydrogens is 873 g/mol. The third kappa shape index (κ3) is 38.7. The fourth-order valence-electron chi connectivity index (χ4n) is 8.35. The van der Waals surface area contributed by atoms with Crippen molar-refractivity contribution in [3.05, 3.63) is 36.5 Å². The van der Waals surface area contributed by atoms with E-state index in [2.05, 4.69) is 54.5 Å². The highest BCUT2D eigenvalue weighted by Crippen LogP contribution is 2.26. The Morgan fingerprint density at radius 2 is 0.985 bits per heavy atom. The molecule has 0 aromatic rings. The molecule has 4 N–H and O–H groups in total. The van der Waals surface area contributed by atoms with Crippen LogP contribution in [0.4, 0.5) is 0 Å². The Kier molecular flexibility index (Phi) is 43.0. The van der Waals surface area contributed by atoms with E-state index in [1.54, 1.807) is 0 Å². The highest BCUT2D eigenvalue weighted by molar-refractivity contribution is 7.80. The van der Waals surface area contributed by atoms with Gasteiger partial charge in [0, 0.05) is 13.0 Å². The Morgan fingerprint density at radius 1 is 0.567 bits per heavy atom. The van der Waals surface area contributed by atoms with Gasteiger partial charge in [0.2, 0.25) is 0 Å². The Morgan fingerprint density at radius 3 is 1.45 bits per heavy atom. The standard InChI is InChI=1S/C54H100O12S/c1-3-5-7-9-11-13-15-17-19-21-22-23-24-25-26-27-29-31-33-35-37-39-41-43-50(56)64-48(47-63-54-52(58)53(66-67(59,60)61)51(57)49(45-55)65-54)46-62-44-42-40-38-36-34-32-30-28-20-18-16-14-12-10-8-6-4-2/h14,16,20-22,28,48-49,51-55,57-58H,3-13,15,17-19,23-27,29-47H2,1-2H3,(H,59,60,61)/b16-14-,22-21-,28-20-. The normalized spacial score (nSPS) is 19.6. The average molecular weight is 973 g/mol. The van der Waals surface area contributed by atoms with Gasteiger partial charge in [-0.25, -0.2) is 4.18 Å². The van der Waals surface area contributed by atoms with E-state index in [4.69, 9.17) is 18.9 Å². The van der Waals surface area contributed by atoms with Crippen molar-refractivity contribution in [2.24, 2.45) is 0 Å². The number of ether oxygens (including phenoxy) is 4. The summed E-state index contributed by atoms with van der Waals surface area (Å²) in [7, 11) is -5.07. The van der Waals surface area contributed by atoms with Crippen LogP contribution in [0.3, 0.4) is 0 Å². The zero-order valence-electron chi connectivity index (χ0n) is 42.5. The number of rotatable bonds is 48. The van der Waals surface area contributed by atoms with Gasteiger partial charge in [-0.05, 0) is 70.6 Å². The number of carbonyl (C=O) groups is 1. The van der Waals surface area contributed by atoms with Crippen molar-refractivity contribution >= 4 is 16.4 Å². The average Bonchev–Trinajstić information content (AvgIpc) is 3.30. The number of aliphatic hydroxyl groups is 3. The summed E-state index contributed by atoms with van der Waals surface area (Å²) < 4.78 is 59.3. The minimum atomic E-state index is -5.07. The van der Waals surface area contributed by atoms with Crippen molar-refractivity contribution < 1.29 is 56.2 Å². The molecule has 1 saturated heterocycles. The Bertz CT molecular complexity index is 1310. The minimum Gasteiger partial charge on any atom is -0.457 e. The van der Waals surface area contributed by atoms with Crippen molar-refractivity contribution in [3.8, 4) is 0 Å². The lowest BCUT2D eigenvalue weighted by molar-refractivity contribution is -0.301. The van der Waals surface area contributed by atoms with E-state index in [0.717, 1.165) is 57.8 Å². The molecule has 0 aromatic carbocycles. The molecule has 0 aromatic heterocycles. The van der Waals surface area contributed by atoms with Crippen LogP contribution in [-0.2, 0) is 38.3 Å². The molecule has 1 heterocycles. The molecule has 1 fully saturated rings. The van der Waals surface area contributed by atoms with Gasteiger partial charge in [-0.3, -0.25) is 9.35 Å². The zero-order valence-corrected chi connectivity index (χ0v) is 43.3. The molecule has 0 radical (unpaired) electrons. The van der Waals surface area contributed by atoms with Crippen LogP contribution in [0.15, 0.2) is 36.5 Å². The summed E-state index contributed by atoms with van der Waals surface area (Å²) in [6.45, 7) is 3.98. The van der Waals surface area contributed by atoms with E-state index in [0.29, 0.717) is 13.0 Å². The fourth-order valence-corrected chi connectivity index (χ4v) is 8.85. The maximum absolute atomic E-state index is 12.9. The molecule has 0 aliphatic carbocycles. The SMILES string of the molecule is CCCCCC/C=C\C/C=C\CCCCCCCCOCC(COC1OC(CO)C(O)C(OS(=O)(=O)O)C1O)OC(=O)CCCCCCCCCCCCC/C=C\CCCCCCCCCC. The van der Waals surface area contributed by atoms with Gasteiger partial charge in [-0.15, -0.1) is 0 Å². The van der Waals surface area contributed by atoms with Crippen molar-refractivity contribution in [1.29, 1.82) is 0 Å². The number of esters is 1. The maximum atomic E-state index is 12.9. The van der Waals surface area contributed by atoms with Crippen LogP contribution < -0.4 is 0 Å². The second-order valence-electron chi connectivity index (χ2n) is 18.8. The monoisotopic (exact) mass is 973 g/mol. The molecule has 1 aliphatic rings. The number of unbranched alkanes of at least 4 members (excludes halogenated alkanes) is 29. The van der Waals surface area contributed by atoms with Gasteiger partial charge in [0.15, 0.2) is 6.29 Å². The quantitative estimate of drug-likeness (QED) is 0.0197. The Balaban J connectivity index is 2.32. The van der Waals surface area contributed by atoms with E-state index < -0.39 is 59.8 Å². The second kappa shape index (κ2) is 45.5. The molecule has 0 bridgehead atoms. The van der Waals surface area contributed by atoms with Crippen LogP contribution >= 0.6 is 0 Å². The van der Waals surface area contributed by atoms with Crippen molar-refractivity contribution in [3.63, 3.8) is 0 Å². The number of allylic oxidation sites excluding steroid dienone is 6. The van der Waals surface area contributed by atoms with Gasteiger partial charge in [0.25, 0.3) is 0 Å². The third-order valence-electron chi connectivity index (χ3n) is 12.5. The topological polar surface area (TPSA) is 178 Å². The Labute approximate surface area is 409 Å². The zero-order chi connectivity index (χ0) is 48.9. The first-order valence-electron chi connectivity index (χ1n) is 27.2.